The standard InChI is InChI=1S/C16H34O2/c1-6-10-13-16(12-8-3,17-14-11-7-2)18-15(5)9-4/h15H,6-14H2,1-5H3. The van der Waals surface area contributed by atoms with E-state index in [1.165, 1.54) is 19.3 Å². The van der Waals surface area contributed by atoms with E-state index in [-0.39, 0.29) is 11.9 Å². The van der Waals surface area contributed by atoms with Crippen molar-refractivity contribution in [3.63, 3.8) is 0 Å². The molecule has 0 spiro atoms. The van der Waals surface area contributed by atoms with Gasteiger partial charge < -0.3 is 9.47 Å². The fourth-order valence-corrected chi connectivity index (χ4v) is 2.10. The molecule has 0 aliphatic heterocycles. The summed E-state index contributed by atoms with van der Waals surface area (Å²) in [5.74, 6) is -0.324. The molecule has 0 aromatic rings. The van der Waals surface area contributed by atoms with Gasteiger partial charge >= 0.3 is 0 Å². The first-order chi connectivity index (χ1) is 8.64. The second-order valence-electron chi connectivity index (χ2n) is 5.30. The van der Waals surface area contributed by atoms with Gasteiger partial charge in [-0.25, -0.2) is 0 Å². The zero-order chi connectivity index (χ0) is 13.9. The number of hydrogen-bond acceptors (Lipinski definition) is 2. The lowest BCUT2D eigenvalue weighted by molar-refractivity contribution is -0.265. The van der Waals surface area contributed by atoms with E-state index in [2.05, 4.69) is 34.6 Å². The van der Waals surface area contributed by atoms with E-state index in [0.717, 1.165) is 38.7 Å². The highest BCUT2D eigenvalue weighted by molar-refractivity contribution is 4.72. The Morgan fingerprint density at radius 2 is 1.56 bits per heavy atom. The normalized spacial score (nSPS) is 16.5. The molecule has 0 fully saturated rings. The fourth-order valence-electron chi connectivity index (χ4n) is 2.10. The van der Waals surface area contributed by atoms with Crippen molar-refractivity contribution in [3.05, 3.63) is 0 Å². The van der Waals surface area contributed by atoms with Crippen molar-refractivity contribution in [2.75, 3.05) is 6.61 Å². The molecule has 110 valence electrons. The molecular weight excluding hydrogens is 224 g/mol. The van der Waals surface area contributed by atoms with E-state index in [1.807, 2.05) is 0 Å². The number of unbranched alkanes of at least 4 members (excludes halogenated alkanes) is 2. The van der Waals surface area contributed by atoms with Crippen molar-refractivity contribution in [2.45, 2.75) is 97.9 Å². The molecule has 2 heteroatoms. The summed E-state index contributed by atoms with van der Waals surface area (Å²) in [6.45, 7) is 11.8. The SMILES string of the molecule is CCCCOC(CCC)(CCCC)OC(C)CC. The minimum Gasteiger partial charge on any atom is -0.350 e. The maximum Gasteiger partial charge on any atom is 0.168 e. The molecule has 0 radical (unpaired) electrons. The molecular formula is C16H34O2. The van der Waals surface area contributed by atoms with E-state index >= 15 is 0 Å². The van der Waals surface area contributed by atoms with Gasteiger partial charge in [0.2, 0.25) is 0 Å². The van der Waals surface area contributed by atoms with Gasteiger partial charge in [-0.1, -0.05) is 47.0 Å². The highest BCUT2D eigenvalue weighted by Gasteiger charge is 2.32. The predicted octanol–water partition coefficient (Wildman–Crippen LogP) is 5.30. The Morgan fingerprint density at radius 1 is 0.889 bits per heavy atom. The molecule has 0 aliphatic carbocycles. The molecule has 2 nitrogen and oxygen atoms in total. The monoisotopic (exact) mass is 258 g/mol. The third kappa shape index (κ3) is 7.38. The van der Waals surface area contributed by atoms with Crippen LogP contribution in [0.1, 0.15) is 86.0 Å². The van der Waals surface area contributed by atoms with Crippen molar-refractivity contribution in [3.8, 4) is 0 Å². The molecule has 0 saturated heterocycles. The minimum absolute atomic E-state index is 0.287. The van der Waals surface area contributed by atoms with Gasteiger partial charge in [0.1, 0.15) is 0 Å². The molecule has 2 unspecified atom stereocenters. The fraction of sp³-hybridized carbons (Fsp3) is 1.00. The first kappa shape index (κ1) is 17.9. The summed E-state index contributed by atoms with van der Waals surface area (Å²) in [6.07, 6.45) is 9.19. The van der Waals surface area contributed by atoms with E-state index < -0.39 is 0 Å². The Balaban J connectivity index is 4.54. The molecule has 0 aliphatic rings. The largest absolute Gasteiger partial charge is 0.350 e. The van der Waals surface area contributed by atoms with Crippen LogP contribution in [0.5, 0.6) is 0 Å². The smallest absolute Gasteiger partial charge is 0.168 e. The van der Waals surface area contributed by atoms with Gasteiger partial charge in [0.05, 0.1) is 12.7 Å². The van der Waals surface area contributed by atoms with E-state index in [9.17, 15) is 0 Å². The summed E-state index contributed by atoms with van der Waals surface area (Å²) in [7, 11) is 0. The lowest BCUT2D eigenvalue weighted by Gasteiger charge is -2.36. The highest BCUT2D eigenvalue weighted by Crippen LogP contribution is 2.29. The van der Waals surface area contributed by atoms with Crippen molar-refractivity contribution < 1.29 is 9.47 Å². The molecule has 18 heavy (non-hydrogen) atoms. The van der Waals surface area contributed by atoms with Crippen LogP contribution in [0.2, 0.25) is 0 Å². The summed E-state index contributed by atoms with van der Waals surface area (Å²) in [4.78, 5) is 0. The van der Waals surface area contributed by atoms with Gasteiger partial charge in [-0.05, 0) is 26.2 Å². The molecule has 0 heterocycles. The Hall–Kier alpha value is -0.0800. The van der Waals surface area contributed by atoms with E-state index in [4.69, 9.17) is 9.47 Å². The number of hydrogen-bond donors (Lipinski definition) is 0. The average Bonchev–Trinajstić information content (AvgIpc) is 2.37. The maximum absolute atomic E-state index is 6.25. The predicted molar refractivity (Wildman–Crippen MR) is 78.9 cm³/mol. The van der Waals surface area contributed by atoms with Gasteiger partial charge in [0.15, 0.2) is 5.79 Å². The van der Waals surface area contributed by atoms with Crippen LogP contribution in [0.25, 0.3) is 0 Å². The van der Waals surface area contributed by atoms with E-state index in [0.29, 0.717) is 0 Å². The quantitative estimate of drug-likeness (QED) is 0.349. The van der Waals surface area contributed by atoms with Gasteiger partial charge in [0.25, 0.3) is 0 Å². The molecule has 0 aromatic heterocycles. The summed E-state index contributed by atoms with van der Waals surface area (Å²) in [6, 6.07) is 0. The minimum atomic E-state index is -0.324. The molecule has 2 atom stereocenters. The van der Waals surface area contributed by atoms with Crippen molar-refractivity contribution >= 4 is 0 Å². The third-order valence-corrected chi connectivity index (χ3v) is 3.40. The van der Waals surface area contributed by atoms with Crippen molar-refractivity contribution in [1.82, 2.24) is 0 Å². The third-order valence-electron chi connectivity index (χ3n) is 3.40. The lowest BCUT2D eigenvalue weighted by Crippen LogP contribution is -2.39. The zero-order valence-corrected chi connectivity index (χ0v) is 13.3. The van der Waals surface area contributed by atoms with Gasteiger partial charge in [0, 0.05) is 12.8 Å². The van der Waals surface area contributed by atoms with Crippen molar-refractivity contribution in [1.29, 1.82) is 0 Å². The van der Waals surface area contributed by atoms with Crippen LogP contribution >= 0.6 is 0 Å². The van der Waals surface area contributed by atoms with Gasteiger partial charge in [-0.3, -0.25) is 0 Å². The van der Waals surface area contributed by atoms with E-state index in [1.54, 1.807) is 0 Å². The first-order valence-electron chi connectivity index (χ1n) is 7.95. The molecule has 0 amide bonds. The molecule has 0 rings (SSSR count). The van der Waals surface area contributed by atoms with Crippen LogP contribution in [0, 0.1) is 0 Å². The summed E-state index contributed by atoms with van der Waals surface area (Å²) in [5, 5.41) is 0. The lowest BCUT2D eigenvalue weighted by atomic mass is 10.0. The Labute approximate surface area is 114 Å². The molecule has 0 aromatic carbocycles. The Kier molecular flexibility index (Phi) is 10.8. The molecule has 0 saturated carbocycles. The first-order valence-corrected chi connectivity index (χ1v) is 7.95. The summed E-state index contributed by atoms with van der Waals surface area (Å²) in [5.41, 5.74) is 0. The van der Waals surface area contributed by atoms with Gasteiger partial charge in [-0.15, -0.1) is 0 Å². The topological polar surface area (TPSA) is 18.5 Å². The average molecular weight is 258 g/mol. The van der Waals surface area contributed by atoms with Crippen LogP contribution in [0.15, 0.2) is 0 Å². The highest BCUT2D eigenvalue weighted by atomic mass is 16.7. The van der Waals surface area contributed by atoms with Gasteiger partial charge in [-0.2, -0.15) is 0 Å². The van der Waals surface area contributed by atoms with Crippen LogP contribution in [0.4, 0.5) is 0 Å². The number of ether oxygens (including phenoxy) is 2. The second-order valence-corrected chi connectivity index (χ2v) is 5.30. The Bertz CT molecular complexity index is 182. The zero-order valence-electron chi connectivity index (χ0n) is 13.3. The van der Waals surface area contributed by atoms with Crippen LogP contribution in [0.3, 0.4) is 0 Å². The van der Waals surface area contributed by atoms with Crippen LogP contribution < -0.4 is 0 Å². The van der Waals surface area contributed by atoms with Crippen molar-refractivity contribution in [2.24, 2.45) is 0 Å². The molecule has 0 bridgehead atoms. The van der Waals surface area contributed by atoms with Crippen LogP contribution in [-0.2, 0) is 9.47 Å². The van der Waals surface area contributed by atoms with Crippen LogP contribution in [-0.4, -0.2) is 18.5 Å². The molecule has 0 N–H and O–H groups in total. The summed E-state index contributed by atoms with van der Waals surface area (Å²) < 4.78 is 12.4. The maximum atomic E-state index is 6.25. The Morgan fingerprint density at radius 3 is 2.06 bits per heavy atom. The second kappa shape index (κ2) is 10.8. The summed E-state index contributed by atoms with van der Waals surface area (Å²) >= 11 is 0. The number of rotatable bonds is 12.